The Balaban J connectivity index is 2.18. The van der Waals surface area contributed by atoms with Gasteiger partial charge in [0.2, 0.25) is 23.6 Å². The van der Waals surface area contributed by atoms with Crippen molar-refractivity contribution < 1.29 is 28.7 Å². The molecule has 2 N–H and O–H groups in total. The Morgan fingerprint density at radius 3 is 1.24 bits per heavy atom. The fraction of sp³-hybridized carbons (Fsp3) is 0.833. The van der Waals surface area contributed by atoms with Gasteiger partial charge in [-0.3, -0.25) is 29.0 Å². The van der Waals surface area contributed by atoms with Crippen LogP contribution in [0, 0.1) is 11.8 Å². The monoisotopic (exact) mass is 480 g/mol. The van der Waals surface area contributed by atoms with Crippen LogP contribution in [0.1, 0.15) is 69.2 Å². The van der Waals surface area contributed by atoms with E-state index in [4.69, 9.17) is 9.47 Å². The molecule has 3 heterocycles. The first-order valence-electron chi connectivity index (χ1n) is 12.1. The molecule has 6 atom stereocenters. The van der Waals surface area contributed by atoms with E-state index in [1.165, 1.54) is 9.80 Å². The number of ether oxygens (including phenoxy) is 2. The van der Waals surface area contributed by atoms with Crippen molar-refractivity contribution in [2.45, 2.75) is 117 Å². The van der Waals surface area contributed by atoms with Crippen LogP contribution >= 0.6 is 0 Å². The van der Waals surface area contributed by atoms with Crippen LogP contribution < -0.4 is 10.6 Å². The quantitative estimate of drug-likeness (QED) is 0.609. The lowest BCUT2D eigenvalue weighted by atomic mass is 9.96. The SMILES string of the molecule is CC(C)[C@@H]1NC(=O)[C@@H]2C(C)OC(C)(C)N2C(=O)[C@H](C(C)C)NC(=O)[C@@H]2C(C)OC(C)(C)N2C1=O. The fourth-order valence-corrected chi connectivity index (χ4v) is 5.51. The third kappa shape index (κ3) is 4.30. The van der Waals surface area contributed by atoms with Gasteiger partial charge in [-0.1, -0.05) is 27.7 Å². The first-order chi connectivity index (χ1) is 15.5. The molecule has 10 heteroatoms. The van der Waals surface area contributed by atoms with E-state index >= 15 is 0 Å². The van der Waals surface area contributed by atoms with Crippen molar-refractivity contribution in [3.05, 3.63) is 0 Å². The number of hydrogen-bond donors (Lipinski definition) is 2. The maximum absolute atomic E-state index is 13.9. The Morgan fingerprint density at radius 2 is 0.971 bits per heavy atom. The molecule has 10 nitrogen and oxygen atoms in total. The van der Waals surface area contributed by atoms with Crippen molar-refractivity contribution in [1.29, 1.82) is 0 Å². The van der Waals surface area contributed by atoms with Crippen LogP contribution in [0.25, 0.3) is 0 Å². The van der Waals surface area contributed by atoms with E-state index in [1.54, 1.807) is 41.5 Å². The summed E-state index contributed by atoms with van der Waals surface area (Å²) in [6.07, 6.45) is -1.21. The van der Waals surface area contributed by atoms with Gasteiger partial charge in [0, 0.05) is 0 Å². The zero-order valence-corrected chi connectivity index (χ0v) is 22.0. The van der Waals surface area contributed by atoms with Crippen molar-refractivity contribution in [3.63, 3.8) is 0 Å². The summed E-state index contributed by atoms with van der Waals surface area (Å²) in [5.41, 5.74) is -2.15. The highest BCUT2D eigenvalue weighted by molar-refractivity contribution is 5.99. The van der Waals surface area contributed by atoms with Gasteiger partial charge in [-0.15, -0.1) is 0 Å². The number of rotatable bonds is 2. The zero-order chi connectivity index (χ0) is 25.9. The second-order valence-electron chi connectivity index (χ2n) is 11.3. The smallest absolute Gasteiger partial charge is 0.248 e. The number of amides is 4. The molecule has 3 rings (SSSR count). The minimum Gasteiger partial charge on any atom is -0.350 e. The molecule has 0 aromatic heterocycles. The molecule has 192 valence electrons. The van der Waals surface area contributed by atoms with Crippen LogP contribution in [0.4, 0.5) is 0 Å². The summed E-state index contributed by atoms with van der Waals surface area (Å²) < 4.78 is 12.0. The van der Waals surface area contributed by atoms with Crippen LogP contribution in [-0.4, -0.2) is 81.3 Å². The lowest BCUT2D eigenvalue weighted by molar-refractivity contribution is -0.159. The molecule has 0 bridgehead atoms. The third-order valence-corrected chi connectivity index (χ3v) is 7.03. The zero-order valence-electron chi connectivity index (χ0n) is 22.0. The van der Waals surface area contributed by atoms with Crippen molar-refractivity contribution >= 4 is 23.6 Å². The molecule has 0 aliphatic carbocycles. The minimum atomic E-state index is -1.07. The lowest BCUT2D eigenvalue weighted by Gasteiger charge is -2.41. The summed E-state index contributed by atoms with van der Waals surface area (Å²) in [7, 11) is 0. The number of nitrogens with zero attached hydrogens (tertiary/aromatic N) is 2. The van der Waals surface area contributed by atoms with Crippen LogP contribution in [0.2, 0.25) is 0 Å². The van der Waals surface area contributed by atoms with Crippen LogP contribution in [0.5, 0.6) is 0 Å². The molecule has 2 unspecified atom stereocenters. The summed E-state index contributed by atoms with van der Waals surface area (Å²) in [5, 5.41) is 5.75. The topological polar surface area (TPSA) is 117 Å². The van der Waals surface area contributed by atoms with Gasteiger partial charge < -0.3 is 20.1 Å². The van der Waals surface area contributed by atoms with Crippen molar-refractivity contribution in [3.8, 4) is 0 Å². The van der Waals surface area contributed by atoms with E-state index in [0.717, 1.165) is 0 Å². The van der Waals surface area contributed by atoms with Gasteiger partial charge in [0.1, 0.15) is 35.6 Å². The van der Waals surface area contributed by atoms with Gasteiger partial charge in [0.25, 0.3) is 0 Å². The number of carbonyl (C=O) groups is 4. The van der Waals surface area contributed by atoms with Crippen LogP contribution in [-0.2, 0) is 28.7 Å². The predicted molar refractivity (Wildman–Crippen MR) is 124 cm³/mol. The van der Waals surface area contributed by atoms with Gasteiger partial charge in [0.15, 0.2) is 0 Å². The second-order valence-corrected chi connectivity index (χ2v) is 11.3. The Morgan fingerprint density at radius 1 is 0.676 bits per heavy atom. The van der Waals surface area contributed by atoms with E-state index in [-0.39, 0.29) is 11.8 Å². The van der Waals surface area contributed by atoms with E-state index in [0.29, 0.717) is 0 Å². The Bertz CT molecular complexity index is 800. The minimum absolute atomic E-state index is 0.270. The Kier molecular flexibility index (Phi) is 6.82. The van der Waals surface area contributed by atoms with Crippen LogP contribution in [0.15, 0.2) is 0 Å². The maximum atomic E-state index is 13.9. The first-order valence-corrected chi connectivity index (χ1v) is 12.1. The van der Waals surface area contributed by atoms with E-state index < -0.39 is 71.5 Å². The molecule has 34 heavy (non-hydrogen) atoms. The fourth-order valence-electron chi connectivity index (χ4n) is 5.51. The molecule has 0 aromatic rings. The summed E-state index contributed by atoms with van der Waals surface area (Å²) in [5.74, 6) is -2.27. The van der Waals surface area contributed by atoms with Crippen molar-refractivity contribution in [2.24, 2.45) is 11.8 Å². The largest absolute Gasteiger partial charge is 0.350 e. The van der Waals surface area contributed by atoms with E-state index in [1.807, 2.05) is 27.7 Å². The molecule has 3 aliphatic heterocycles. The molecular formula is C24H40N4O6. The standard InChI is InChI=1S/C24H40N4O6/c1-11(2)15-21(31)27-18(14(6)33-23(27,7)8)20(30)26-16(12(3)4)22(32)28-17(19(29)25-15)13(5)34-24(28,9)10/h11-18H,1-10H3,(H,25,29)(H,26,30)/t13?,14?,15-,16-,17-,18-/m0/s1. The Labute approximate surface area is 202 Å². The molecule has 0 spiro atoms. The molecule has 0 aromatic carbocycles. The first kappa shape index (κ1) is 26.4. The van der Waals surface area contributed by atoms with Gasteiger partial charge in [0.05, 0.1) is 12.2 Å². The molecule has 3 saturated heterocycles. The second kappa shape index (κ2) is 8.78. The normalized spacial score (nSPS) is 36.1. The molecule has 4 amide bonds. The maximum Gasteiger partial charge on any atom is 0.248 e. The molecular weight excluding hydrogens is 440 g/mol. The summed E-state index contributed by atoms with van der Waals surface area (Å²) in [6, 6.07) is -3.73. The van der Waals surface area contributed by atoms with Gasteiger partial charge in [-0.2, -0.15) is 0 Å². The molecule has 0 saturated carbocycles. The number of fused-ring (bicyclic) bond motifs is 2. The summed E-state index contributed by atoms with van der Waals surface area (Å²) in [4.78, 5) is 57.7. The number of carbonyl (C=O) groups excluding carboxylic acids is 4. The number of hydrogen-bond acceptors (Lipinski definition) is 6. The van der Waals surface area contributed by atoms with Gasteiger partial charge >= 0.3 is 0 Å². The highest BCUT2D eigenvalue weighted by Crippen LogP contribution is 2.36. The predicted octanol–water partition coefficient (Wildman–Crippen LogP) is 0.986. The van der Waals surface area contributed by atoms with Gasteiger partial charge in [-0.05, 0) is 53.4 Å². The average molecular weight is 481 g/mol. The molecule has 3 fully saturated rings. The number of nitrogens with one attached hydrogen (secondary N) is 2. The van der Waals surface area contributed by atoms with Crippen LogP contribution in [0.3, 0.4) is 0 Å². The Hall–Kier alpha value is -2.20. The van der Waals surface area contributed by atoms with Crippen molar-refractivity contribution in [2.75, 3.05) is 0 Å². The van der Waals surface area contributed by atoms with E-state index in [2.05, 4.69) is 10.6 Å². The van der Waals surface area contributed by atoms with Gasteiger partial charge in [-0.25, -0.2) is 0 Å². The lowest BCUT2D eigenvalue weighted by Crippen LogP contribution is -2.67. The van der Waals surface area contributed by atoms with E-state index in [9.17, 15) is 19.2 Å². The average Bonchev–Trinajstić information content (AvgIpc) is 3.07. The summed E-state index contributed by atoms with van der Waals surface area (Å²) in [6.45, 7) is 17.7. The van der Waals surface area contributed by atoms with Crippen molar-refractivity contribution in [1.82, 2.24) is 20.4 Å². The molecule has 0 radical (unpaired) electrons. The summed E-state index contributed by atoms with van der Waals surface area (Å²) >= 11 is 0. The highest BCUT2D eigenvalue weighted by Gasteiger charge is 2.57. The molecule has 3 aliphatic rings. The highest BCUT2D eigenvalue weighted by atomic mass is 16.5. The third-order valence-electron chi connectivity index (χ3n) is 7.03.